The van der Waals surface area contributed by atoms with E-state index >= 15 is 0 Å². The molecule has 0 saturated carbocycles. The number of ether oxygens (including phenoxy) is 5. The number of aromatic nitrogens is 3. The van der Waals surface area contributed by atoms with E-state index in [-0.39, 0.29) is 12.2 Å². The Morgan fingerprint density at radius 1 is 0.864 bits per heavy atom. The fraction of sp³-hybridized carbons (Fsp3) is 0.857. The van der Waals surface area contributed by atoms with Gasteiger partial charge in [-0.15, -0.1) is 0 Å². The number of nitrogens with one attached hydrogen (secondary N) is 1. The standard InChI is InChI=1S/C14H25N3O5/c1-11-7-19-5-3-18-4-6-20-8-12(2)22-10-14-15-13(9-21-11)16-17-14/h11-12H,3-10H2,1-2H3,(H,15,16,17). The zero-order chi connectivity index (χ0) is 15.6. The molecule has 126 valence electrons. The molecule has 1 aromatic rings. The Balaban J connectivity index is 1.83. The second-order valence-electron chi connectivity index (χ2n) is 5.20. The van der Waals surface area contributed by atoms with Gasteiger partial charge in [-0.3, -0.25) is 5.10 Å². The van der Waals surface area contributed by atoms with Crippen molar-refractivity contribution in [2.75, 3.05) is 39.6 Å². The summed E-state index contributed by atoms with van der Waals surface area (Å²) in [6, 6.07) is 0. The summed E-state index contributed by atoms with van der Waals surface area (Å²) in [4.78, 5) is 4.32. The smallest absolute Gasteiger partial charge is 0.176 e. The van der Waals surface area contributed by atoms with Crippen molar-refractivity contribution in [3.8, 4) is 0 Å². The molecule has 8 nitrogen and oxygen atoms in total. The van der Waals surface area contributed by atoms with Gasteiger partial charge in [-0.2, -0.15) is 5.10 Å². The van der Waals surface area contributed by atoms with E-state index in [4.69, 9.17) is 23.7 Å². The van der Waals surface area contributed by atoms with Crippen LogP contribution in [0.4, 0.5) is 0 Å². The van der Waals surface area contributed by atoms with Gasteiger partial charge in [0.15, 0.2) is 11.6 Å². The summed E-state index contributed by atoms with van der Waals surface area (Å²) in [6.07, 6.45) is -0.0486. The van der Waals surface area contributed by atoms with Crippen molar-refractivity contribution in [3.63, 3.8) is 0 Å². The van der Waals surface area contributed by atoms with Crippen LogP contribution in [0, 0.1) is 0 Å². The highest BCUT2D eigenvalue weighted by Crippen LogP contribution is 2.03. The summed E-state index contributed by atoms with van der Waals surface area (Å²) in [7, 11) is 0. The van der Waals surface area contributed by atoms with E-state index in [1.165, 1.54) is 0 Å². The van der Waals surface area contributed by atoms with Crippen molar-refractivity contribution in [1.29, 1.82) is 0 Å². The molecule has 2 unspecified atom stereocenters. The van der Waals surface area contributed by atoms with Gasteiger partial charge in [0.05, 0.1) is 51.8 Å². The van der Waals surface area contributed by atoms with Crippen LogP contribution in [-0.2, 0) is 36.9 Å². The van der Waals surface area contributed by atoms with Crippen LogP contribution in [0.15, 0.2) is 0 Å². The fourth-order valence-corrected chi connectivity index (χ4v) is 1.83. The first-order valence-corrected chi connectivity index (χ1v) is 7.60. The average Bonchev–Trinajstić information content (AvgIpc) is 2.96. The normalized spacial score (nSPS) is 27.0. The van der Waals surface area contributed by atoms with Crippen LogP contribution in [0.2, 0.25) is 0 Å². The Labute approximate surface area is 130 Å². The molecule has 0 amide bonds. The second kappa shape index (κ2) is 9.86. The second-order valence-corrected chi connectivity index (χ2v) is 5.20. The lowest BCUT2D eigenvalue weighted by atomic mass is 10.4. The van der Waals surface area contributed by atoms with Gasteiger partial charge in [-0.05, 0) is 13.8 Å². The lowest BCUT2D eigenvalue weighted by molar-refractivity contribution is -0.0480. The van der Waals surface area contributed by atoms with Crippen LogP contribution < -0.4 is 0 Å². The molecule has 0 spiro atoms. The maximum absolute atomic E-state index is 5.65. The molecular formula is C14H25N3O5. The van der Waals surface area contributed by atoms with E-state index in [0.29, 0.717) is 64.5 Å². The van der Waals surface area contributed by atoms with Gasteiger partial charge in [0.1, 0.15) is 13.2 Å². The molecule has 0 radical (unpaired) electrons. The minimum absolute atomic E-state index is 0.0213. The van der Waals surface area contributed by atoms with Crippen LogP contribution in [0.25, 0.3) is 0 Å². The summed E-state index contributed by atoms with van der Waals surface area (Å²) < 4.78 is 27.7. The Morgan fingerprint density at radius 2 is 1.45 bits per heavy atom. The first kappa shape index (κ1) is 17.3. The molecule has 0 fully saturated rings. The van der Waals surface area contributed by atoms with Crippen molar-refractivity contribution >= 4 is 0 Å². The molecule has 0 aromatic carbocycles. The van der Waals surface area contributed by atoms with Gasteiger partial charge in [-0.25, -0.2) is 4.98 Å². The lowest BCUT2D eigenvalue weighted by Gasteiger charge is -2.14. The van der Waals surface area contributed by atoms with Gasteiger partial charge < -0.3 is 23.7 Å². The van der Waals surface area contributed by atoms with E-state index in [2.05, 4.69) is 15.2 Å². The lowest BCUT2D eigenvalue weighted by Crippen LogP contribution is -2.20. The van der Waals surface area contributed by atoms with Crippen molar-refractivity contribution in [3.05, 3.63) is 11.6 Å². The first-order valence-electron chi connectivity index (χ1n) is 7.60. The van der Waals surface area contributed by atoms with Gasteiger partial charge in [0.25, 0.3) is 0 Å². The van der Waals surface area contributed by atoms with Crippen molar-refractivity contribution in [2.45, 2.75) is 39.3 Å². The molecular weight excluding hydrogens is 290 g/mol. The quantitative estimate of drug-likeness (QED) is 0.753. The molecule has 8 heteroatoms. The third kappa shape index (κ3) is 6.80. The predicted octanol–water partition coefficient (Wildman–Crippen LogP) is 0.678. The largest absolute Gasteiger partial charge is 0.377 e. The molecule has 2 heterocycles. The van der Waals surface area contributed by atoms with Gasteiger partial charge in [-0.1, -0.05) is 0 Å². The molecule has 0 saturated heterocycles. The maximum Gasteiger partial charge on any atom is 0.176 e. The van der Waals surface area contributed by atoms with Crippen molar-refractivity contribution < 1.29 is 23.7 Å². The number of hydrogen-bond acceptors (Lipinski definition) is 7. The molecule has 1 aromatic heterocycles. The molecule has 2 atom stereocenters. The minimum atomic E-state index is -0.0274. The Morgan fingerprint density at radius 3 is 2.14 bits per heavy atom. The van der Waals surface area contributed by atoms with Crippen LogP contribution in [-0.4, -0.2) is 67.0 Å². The van der Waals surface area contributed by atoms with E-state index in [1.54, 1.807) is 0 Å². The molecule has 2 bridgehead atoms. The first-order chi connectivity index (χ1) is 10.7. The Bertz CT molecular complexity index is 380. The van der Waals surface area contributed by atoms with Gasteiger partial charge in [0, 0.05) is 0 Å². The summed E-state index contributed by atoms with van der Waals surface area (Å²) >= 11 is 0. The number of rotatable bonds is 0. The molecule has 1 N–H and O–H groups in total. The third-order valence-corrected chi connectivity index (χ3v) is 3.03. The summed E-state index contributed by atoms with van der Waals surface area (Å²) in [6.45, 7) is 7.82. The van der Waals surface area contributed by atoms with Crippen molar-refractivity contribution in [2.24, 2.45) is 0 Å². The molecule has 1 aliphatic rings. The molecule has 1 aliphatic heterocycles. The van der Waals surface area contributed by atoms with E-state index in [0.717, 1.165) is 0 Å². The van der Waals surface area contributed by atoms with Crippen LogP contribution in [0.3, 0.4) is 0 Å². The molecule has 0 aliphatic carbocycles. The van der Waals surface area contributed by atoms with Crippen LogP contribution >= 0.6 is 0 Å². The summed E-state index contributed by atoms with van der Waals surface area (Å²) in [5.41, 5.74) is 0. The zero-order valence-corrected chi connectivity index (χ0v) is 13.2. The van der Waals surface area contributed by atoms with Gasteiger partial charge in [0.2, 0.25) is 0 Å². The monoisotopic (exact) mass is 315 g/mol. The third-order valence-electron chi connectivity index (χ3n) is 3.03. The zero-order valence-electron chi connectivity index (χ0n) is 13.2. The number of aromatic amines is 1. The summed E-state index contributed by atoms with van der Waals surface area (Å²) in [5, 5.41) is 6.95. The fourth-order valence-electron chi connectivity index (χ4n) is 1.83. The number of hydrogen-bond donors (Lipinski definition) is 1. The van der Waals surface area contributed by atoms with E-state index < -0.39 is 0 Å². The minimum Gasteiger partial charge on any atom is -0.377 e. The maximum atomic E-state index is 5.65. The predicted molar refractivity (Wildman–Crippen MR) is 77.3 cm³/mol. The van der Waals surface area contributed by atoms with Crippen molar-refractivity contribution in [1.82, 2.24) is 15.2 Å². The number of H-pyrrole nitrogens is 1. The molecule has 2 rings (SSSR count). The highest BCUT2D eigenvalue weighted by atomic mass is 16.6. The highest BCUT2D eigenvalue weighted by Gasteiger charge is 2.09. The van der Waals surface area contributed by atoms with E-state index in [9.17, 15) is 0 Å². The summed E-state index contributed by atoms with van der Waals surface area (Å²) in [5.74, 6) is 1.29. The highest BCUT2D eigenvalue weighted by molar-refractivity contribution is 4.87. The topological polar surface area (TPSA) is 87.7 Å². The number of nitrogens with zero attached hydrogens (tertiary/aromatic N) is 2. The SMILES string of the molecule is CC1COCCOCCOCC(C)OCc2nc(n[nH]2)CO1. The van der Waals surface area contributed by atoms with Gasteiger partial charge >= 0.3 is 0 Å². The average molecular weight is 315 g/mol. The van der Waals surface area contributed by atoms with Crippen LogP contribution in [0.1, 0.15) is 25.5 Å². The van der Waals surface area contributed by atoms with E-state index in [1.807, 2.05) is 13.8 Å². The Hall–Kier alpha value is -1.06. The number of fused-ring (bicyclic) bond motifs is 2. The van der Waals surface area contributed by atoms with Crippen LogP contribution in [0.5, 0.6) is 0 Å². The molecule has 22 heavy (non-hydrogen) atoms. The Kier molecular flexibility index (Phi) is 7.75.